The Kier molecular flexibility index (Phi) is 4.10. The van der Waals surface area contributed by atoms with Crippen molar-refractivity contribution in [3.63, 3.8) is 0 Å². The van der Waals surface area contributed by atoms with E-state index in [4.69, 9.17) is 14.2 Å². The van der Waals surface area contributed by atoms with Crippen molar-refractivity contribution < 1.29 is 19.3 Å². The third-order valence-electron chi connectivity index (χ3n) is 3.53. The maximum Gasteiger partial charge on any atom is 0.184 e. The summed E-state index contributed by atoms with van der Waals surface area (Å²) in [4.78, 5) is 0. The fourth-order valence-corrected chi connectivity index (χ4v) is 3.20. The molecule has 5 heteroatoms. The van der Waals surface area contributed by atoms with Crippen molar-refractivity contribution in [3.05, 3.63) is 35.9 Å². The van der Waals surface area contributed by atoms with Gasteiger partial charge in [-0.25, -0.2) is 0 Å². The number of rotatable bonds is 2. The van der Waals surface area contributed by atoms with Crippen molar-refractivity contribution in [2.75, 3.05) is 12.9 Å². The summed E-state index contributed by atoms with van der Waals surface area (Å²) in [5.41, 5.74) is 0.823. The zero-order valence-electron chi connectivity index (χ0n) is 10.8. The van der Waals surface area contributed by atoms with Gasteiger partial charge in [-0.2, -0.15) is 0 Å². The molecule has 1 aromatic rings. The number of ether oxygens (including phenoxy) is 3. The molecule has 3 rings (SSSR count). The van der Waals surface area contributed by atoms with Crippen LogP contribution in [0.4, 0.5) is 0 Å². The van der Waals surface area contributed by atoms with E-state index >= 15 is 0 Å². The van der Waals surface area contributed by atoms with Crippen LogP contribution in [-0.2, 0) is 14.2 Å². The van der Waals surface area contributed by atoms with E-state index < -0.39 is 6.10 Å². The molecular formula is C14H18O4S. The SMILES string of the molecule is CS[C@@H]1OC2COC(c3ccccc3)O[C@H]2CC1O. The molecule has 0 aliphatic carbocycles. The van der Waals surface area contributed by atoms with Crippen LogP contribution in [0, 0.1) is 0 Å². The summed E-state index contributed by atoms with van der Waals surface area (Å²) in [5.74, 6) is 0. The molecule has 5 atom stereocenters. The molecule has 2 heterocycles. The van der Waals surface area contributed by atoms with E-state index in [1.807, 2.05) is 36.6 Å². The van der Waals surface area contributed by atoms with E-state index in [0.717, 1.165) is 5.56 Å². The van der Waals surface area contributed by atoms with Gasteiger partial charge in [0.15, 0.2) is 6.29 Å². The normalized spacial score (nSPS) is 38.7. The lowest BCUT2D eigenvalue weighted by molar-refractivity contribution is -0.292. The van der Waals surface area contributed by atoms with Crippen molar-refractivity contribution in [3.8, 4) is 0 Å². The largest absolute Gasteiger partial charge is 0.389 e. The predicted octanol–water partition coefficient (Wildman–Crippen LogP) is 1.94. The Morgan fingerprint density at radius 2 is 1.95 bits per heavy atom. The molecule has 2 saturated heterocycles. The standard InChI is InChI=1S/C14H18O4S/c1-19-14-10(15)7-11-12(18-14)8-16-13(17-11)9-5-3-2-4-6-9/h2-6,10-15H,7-8H2,1H3/t10?,11-,12?,13?,14-/m0/s1. The second-order valence-corrected chi connectivity index (χ2v) is 5.77. The lowest BCUT2D eigenvalue weighted by atomic mass is 10.0. The first-order valence-electron chi connectivity index (χ1n) is 6.46. The first kappa shape index (κ1) is 13.4. The van der Waals surface area contributed by atoms with Crippen LogP contribution in [0.25, 0.3) is 0 Å². The predicted molar refractivity (Wildman–Crippen MR) is 72.8 cm³/mol. The monoisotopic (exact) mass is 282 g/mol. The summed E-state index contributed by atoms with van der Waals surface area (Å²) in [6.07, 6.45) is 1.52. The number of hydrogen-bond acceptors (Lipinski definition) is 5. The molecule has 0 bridgehead atoms. The van der Waals surface area contributed by atoms with E-state index in [9.17, 15) is 5.11 Å². The second kappa shape index (κ2) is 5.81. The lowest BCUT2D eigenvalue weighted by Crippen LogP contribution is -2.52. The molecule has 0 spiro atoms. The molecule has 104 valence electrons. The Bertz CT molecular complexity index is 413. The van der Waals surface area contributed by atoms with Gasteiger partial charge in [-0.1, -0.05) is 30.3 Å². The average molecular weight is 282 g/mol. The molecular weight excluding hydrogens is 264 g/mol. The third kappa shape index (κ3) is 2.80. The summed E-state index contributed by atoms with van der Waals surface area (Å²) in [6.45, 7) is 0.508. The van der Waals surface area contributed by atoms with Crippen LogP contribution in [0.5, 0.6) is 0 Å². The van der Waals surface area contributed by atoms with Gasteiger partial charge in [-0.15, -0.1) is 11.8 Å². The number of benzene rings is 1. The van der Waals surface area contributed by atoms with Gasteiger partial charge in [-0.3, -0.25) is 0 Å². The molecule has 0 radical (unpaired) electrons. The summed E-state index contributed by atoms with van der Waals surface area (Å²) < 4.78 is 17.4. The Hall–Kier alpha value is -0.590. The van der Waals surface area contributed by atoms with Crippen LogP contribution < -0.4 is 0 Å². The highest BCUT2D eigenvalue weighted by Crippen LogP contribution is 2.35. The second-order valence-electron chi connectivity index (χ2n) is 4.83. The molecule has 4 nitrogen and oxygen atoms in total. The molecule has 2 aliphatic heterocycles. The summed E-state index contributed by atoms with van der Waals surface area (Å²) >= 11 is 1.52. The van der Waals surface area contributed by atoms with Crippen molar-refractivity contribution in [2.24, 2.45) is 0 Å². The maximum absolute atomic E-state index is 10.00. The number of hydrogen-bond donors (Lipinski definition) is 1. The molecule has 0 amide bonds. The van der Waals surface area contributed by atoms with Gasteiger partial charge in [-0.05, 0) is 6.26 Å². The van der Waals surface area contributed by atoms with Crippen LogP contribution in [-0.4, -0.2) is 41.7 Å². The van der Waals surface area contributed by atoms with Crippen molar-refractivity contribution in [2.45, 2.75) is 36.5 Å². The van der Waals surface area contributed by atoms with Gasteiger partial charge < -0.3 is 19.3 Å². The highest BCUT2D eigenvalue weighted by atomic mass is 32.2. The van der Waals surface area contributed by atoms with Gasteiger partial charge in [0.25, 0.3) is 0 Å². The van der Waals surface area contributed by atoms with Crippen molar-refractivity contribution >= 4 is 11.8 Å². The van der Waals surface area contributed by atoms with Gasteiger partial charge in [0.2, 0.25) is 0 Å². The molecule has 3 unspecified atom stereocenters. The zero-order valence-corrected chi connectivity index (χ0v) is 11.6. The first-order valence-corrected chi connectivity index (χ1v) is 7.75. The fourth-order valence-electron chi connectivity index (χ4n) is 2.52. The van der Waals surface area contributed by atoms with Crippen molar-refractivity contribution in [1.82, 2.24) is 0 Å². The fraction of sp³-hybridized carbons (Fsp3) is 0.571. The van der Waals surface area contributed by atoms with Crippen LogP contribution in [0.15, 0.2) is 30.3 Å². The van der Waals surface area contributed by atoms with Crippen molar-refractivity contribution in [1.29, 1.82) is 0 Å². The zero-order chi connectivity index (χ0) is 13.2. The van der Waals surface area contributed by atoms with Crippen LogP contribution in [0.1, 0.15) is 18.3 Å². The Labute approximate surface area is 117 Å². The number of aliphatic hydroxyl groups excluding tert-OH is 1. The van der Waals surface area contributed by atoms with E-state index in [0.29, 0.717) is 13.0 Å². The summed E-state index contributed by atoms with van der Waals surface area (Å²) in [6, 6.07) is 9.85. The maximum atomic E-state index is 10.00. The minimum absolute atomic E-state index is 0.0826. The summed E-state index contributed by atoms with van der Waals surface area (Å²) in [7, 11) is 0. The molecule has 1 N–H and O–H groups in total. The highest BCUT2D eigenvalue weighted by molar-refractivity contribution is 7.99. The van der Waals surface area contributed by atoms with Gasteiger partial charge in [0.1, 0.15) is 11.5 Å². The lowest BCUT2D eigenvalue weighted by Gasteiger charge is -2.43. The Balaban J connectivity index is 1.68. The Morgan fingerprint density at radius 3 is 2.68 bits per heavy atom. The average Bonchev–Trinajstić information content (AvgIpc) is 2.47. The quantitative estimate of drug-likeness (QED) is 0.898. The smallest absolute Gasteiger partial charge is 0.184 e. The molecule has 2 aliphatic rings. The number of aliphatic hydroxyl groups is 1. The molecule has 0 saturated carbocycles. The molecule has 0 aromatic heterocycles. The minimum Gasteiger partial charge on any atom is -0.389 e. The topological polar surface area (TPSA) is 47.9 Å². The van der Waals surface area contributed by atoms with Crippen LogP contribution in [0.2, 0.25) is 0 Å². The molecule has 19 heavy (non-hydrogen) atoms. The Morgan fingerprint density at radius 1 is 1.16 bits per heavy atom. The number of fused-ring (bicyclic) bond motifs is 1. The van der Waals surface area contributed by atoms with E-state index in [-0.39, 0.29) is 23.9 Å². The van der Waals surface area contributed by atoms with E-state index in [1.165, 1.54) is 11.8 Å². The highest BCUT2D eigenvalue weighted by Gasteiger charge is 2.42. The molecule has 2 fully saturated rings. The number of thioether (sulfide) groups is 1. The minimum atomic E-state index is -0.481. The van der Waals surface area contributed by atoms with Gasteiger partial charge in [0.05, 0.1) is 18.8 Å². The first-order chi connectivity index (χ1) is 9.28. The van der Waals surface area contributed by atoms with Gasteiger partial charge in [0, 0.05) is 12.0 Å². The summed E-state index contributed by atoms with van der Waals surface area (Å²) in [5, 5.41) is 10.00. The van der Waals surface area contributed by atoms with E-state index in [1.54, 1.807) is 0 Å². The van der Waals surface area contributed by atoms with Crippen LogP contribution in [0.3, 0.4) is 0 Å². The van der Waals surface area contributed by atoms with E-state index in [2.05, 4.69) is 0 Å². The third-order valence-corrected chi connectivity index (χ3v) is 4.42. The van der Waals surface area contributed by atoms with Gasteiger partial charge >= 0.3 is 0 Å². The molecule has 1 aromatic carbocycles. The van der Waals surface area contributed by atoms with Crippen LogP contribution >= 0.6 is 11.8 Å².